The summed E-state index contributed by atoms with van der Waals surface area (Å²) in [6.45, 7) is 0. The molecule has 0 atom stereocenters. The van der Waals surface area contributed by atoms with E-state index in [-0.39, 0.29) is 0 Å². The van der Waals surface area contributed by atoms with Crippen molar-refractivity contribution in [3.05, 3.63) is 12.5 Å². The number of rotatable bonds is 1. The predicted octanol–water partition coefficient (Wildman–Crippen LogP) is 1.20. The number of thioether (sulfide) groups is 1. The summed E-state index contributed by atoms with van der Waals surface area (Å²) in [5.74, 6) is 0. The first-order valence-corrected chi connectivity index (χ1v) is 3.01. The standard InChI is InChI=1S/C4H4NOS/c1-7-4-5-2-3-6-4/h3H,1H3. The van der Waals surface area contributed by atoms with Crippen molar-refractivity contribution >= 4 is 11.8 Å². The third kappa shape index (κ3) is 0.962. The molecule has 0 aromatic carbocycles. The minimum absolute atomic E-state index is 0.667. The molecule has 37 valence electrons. The van der Waals surface area contributed by atoms with Gasteiger partial charge >= 0.3 is 0 Å². The third-order valence-corrected chi connectivity index (χ3v) is 1.08. The molecule has 3 heteroatoms. The molecule has 1 aromatic heterocycles. The van der Waals surface area contributed by atoms with Gasteiger partial charge < -0.3 is 4.42 Å². The predicted molar refractivity (Wildman–Crippen MR) is 27.1 cm³/mol. The Morgan fingerprint density at radius 1 is 2.00 bits per heavy atom. The minimum Gasteiger partial charge on any atom is -0.439 e. The molecule has 2 nitrogen and oxygen atoms in total. The van der Waals surface area contributed by atoms with Crippen molar-refractivity contribution in [2.45, 2.75) is 5.22 Å². The van der Waals surface area contributed by atoms with E-state index in [2.05, 4.69) is 11.2 Å². The van der Waals surface area contributed by atoms with E-state index in [9.17, 15) is 0 Å². The lowest BCUT2D eigenvalue weighted by molar-refractivity contribution is 0.454. The second kappa shape index (κ2) is 2.02. The van der Waals surface area contributed by atoms with Crippen molar-refractivity contribution in [1.29, 1.82) is 0 Å². The maximum atomic E-state index is 4.78. The Labute approximate surface area is 45.9 Å². The van der Waals surface area contributed by atoms with Gasteiger partial charge in [-0.1, -0.05) is 11.8 Å². The molecule has 1 heterocycles. The lowest BCUT2D eigenvalue weighted by atomic mass is 11.0. The molecular weight excluding hydrogens is 110 g/mol. The van der Waals surface area contributed by atoms with Gasteiger partial charge in [-0.2, -0.15) is 0 Å². The van der Waals surface area contributed by atoms with E-state index < -0.39 is 0 Å². The Kier molecular flexibility index (Phi) is 1.36. The Morgan fingerprint density at radius 2 is 2.86 bits per heavy atom. The quantitative estimate of drug-likeness (QED) is 0.513. The van der Waals surface area contributed by atoms with Crippen LogP contribution in [0.15, 0.2) is 15.9 Å². The average Bonchev–Trinajstić information content (AvgIpc) is 2.14. The zero-order chi connectivity index (χ0) is 5.11. The second-order valence-electron chi connectivity index (χ2n) is 0.947. The maximum Gasteiger partial charge on any atom is 0.255 e. The molecule has 7 heavy (non-hydrogen) atoms. The molecule has 0 aliphatic carbocycles. The van der Waals surface area contributed by atoms with Crippen LogP contribution in [-0.2, 0) is 0 Å². The summed E-state index contributed by atoms with van der Waals surface area (Å²) in [4.78, 5) is 3.71. The van der Waals surface area contributed by atoms with E-state index in [1.165, 1.54) is 18.0 Å². The first kappa shape index (κ1) is 4.71. The number of nitrogens with zero attached hydrogens (tertiary/aromatic N) is 1. The van der Waals surface area contributed by atoms with E-state index in [0.29, 0.717) is 5.22 Å². The molecule has 0 amide bonds. The lowest BCUT2D eigenvalue weighted by Crippen LogP contribution is -1.60. The summed E-state index contributed by atoms with van der Waals surface area (Å²) in [6.07, 6.45) is 5.88. The molecule has 1 rings (SSSR count). The Balaban J connectivity index is 2.76. The van der Waals surface area contributed by atoms with Crippen LogP contribution in [-0.4, -0.2) is 11.2 Å². The van der Waals surface area contributed by atoms with Gasteiger partial charge in [0.25, 0.3) is 5.22 Å². The highest BCUT2D eigenvalue weighted by Crippen LogP contribution is 2.08. The lowest BCUT2D eigenvalue weighted by Gasteiger charge is -1.76. The first-order valence-electron chi connectivity index (χ1n) is 1.79. The van der Waals surface area contributed by atoms with E-state index in [0.717, 1.165) is 0 Å². The topological polar surface area (TPSA) is 26.0 Å². The van der Waals surface area contributed by atoms with Gasteiger partial charge in [0.2, 0.25) is 0 Å². The second-order valence-corrected chi connectivity index (χ2v) is 1.70. The van der Waals surface area contributed by atoms with E-state index in [4.69, 9.17) is 4.42 Å². The summed E-state index contributed by atoms with van der Waals surface area (Å²) < 4.78 is 4.78. The van der Waals surface area contributed by atoms with Crippen LogP contribution in [0.2, 0.25) is 0 Å². The molecule has 0 aliphatic heterocycles. The largest absolute Gasteiger partial charge is 0.439 e. The van der Waals surface area contributed by atoms with Crippen LogP contribution in [0.4, 0.5) is 0 Å². The molecule has 0 aliphatic rings. The normalized spacial score (nSPS) is 9.29. The van der Waals surface area contributed by atoms with Crippen molar-refractivity contribution in [2.24, 2.45) is 0 Å². The maximum absolute atomic E-state index is 4.78. The summed E-state index contributed by atoms with van der Waals surface area (Å²) in [5.41, 5.74) is 0. The van der Waals surface area contributed by atoms with E-state index >= 15 is 0 Å². The van der Waals surface area contributed by atoms with Crippen LogP contribution in [0.1, 0.15) is 0 Å². The summed E-state index contributed by atoms with van der Waals surface area (Å²) in [6, 6.07) is 0. The zero-order valence-electron chi connectivity index (χ0n) is 3.84. The van der Waals surface area contributed by atoms with Gasteiger partial charge in [-0.05, 0) is 6.26 Å². The van der Waals surface area contributed by atoms with Crippen LogP contribution in [0.3, 0.4) is 0 Å². The van der Waals surface area contributed by atoms with Crippen LogP contribution in [0.25, 0.3) is 0 Å². The molecule has 0 unspecified atom stereocenters. The summed E-state index contributed by atoms with van der Waals surface area (Å²) >= 11 is 1.47. The average molecular weight is 114 g/mol. The summed E-state index contributed by atoms with van der Waals surface area (Å²) in [5, 5.41) is 0.667. The van der Waals surface area contributed by atoms with Gasteiger partial charge in [0.05, 0.1) is 0 Å². The fourth-order valence-corrected chi connectivity index (χ4v) is 0.564. The molecule has 0 saturated heterocycles. The monoisotopic (exact) mass is 114 g/mol. The van der Waals surface area contributed by atoms with Gasteiger partial charge in [0, 0.05) is 0 Å². The van der Waals surface area contributed by atoms with Crippen LogP contribution in [0.5, 0.6) is 0 Å². The van der Waals surface area contributed by atoms with Crippen LogP contribution < -0.4 is 0 Å². The minimum atomic E-state index is 0.667. The smallest absolute Gasteiger partial charge is 0.255 e. The van der Waals surface area contributed by atoms with E-state index in [1.807, 2.05) is 6.26 Å². The van der Waals surface area contributed by atoms with Crippen molar-refractivity contribution in [2.75, 3.05) is 6.26 Å². The van der Waals surface area contributed by atoms with Gasteiger partial charge in [-0.3, -0.25) is 0 Å². The van der Waals surface area contributed by atoms with Crippen molar-refractivity contribution < 1.29 is 4.42 Å². The molecule has 1 radical (unpaired) electrons. The van der Waals surface area contributed by atoms with Gasteiger partial charge in [-0.25, -0.2) is 4.98 Å². The number of hydrogen-bond acceptors (Lipinski definition) is 3. The Bertz CT molecular complexity index is 126. The molecule has 0 spiro atoms. The highest BCUT2D eigenvalue weighted by molar-refractivity contribution is 7.98. The fraction of sp³-hybridized carbons (Fsp3) is 0.250. The number of aromatic nitrogens is 1. The molecule has 1 aromatic rings. The Morgan fingerprint density at radius 3 is 3.14 bits per heavy atom. The molecule has 0 saturated carbocycles. The van der Waals surface area contributed by atoms with E-state index in [1.54, 1.807) is 0 Å². The van der Waals surface area contributed by atoms with Crippen molar-refractivity contribution in [1.82, 2.24) is 4.98 Å². The van der Waals surface area contributed by atoms with Gasteiger partial charge in [0.1, 0.15) is 12.5 Å². The summed E-state index contributed by atoms with van der Waals surface area (Å²) in [7, 11) is 0. The number of hydrogen-bond donors (Lipinski definition) is 0. The van der Waals surface area contributed by atoms with Gasteiger partial charge in [0.15, 0.2) is 0 Å². The third-order valence-electron chi connectivity index (χ3n) is 0.543. The number of oxazole rings is 1. The van der Waals surface area contributed by atoms with Gasteiger partial charge in [-0.15, -0.1) is 0 Å². The highest BCUT2D eigenvalue weighted by atomic mass is 32.2. The molecule has 0 fully saturated rings. The van der Waals surface area contributed by atoms with Crippen LogP contribution in [0, 0.1) is 6.20 Å². The molecular formula is C4H4NOS. The molecule has 0 bridgehead atoms. The SMILES string of the molecule is CSc1n[c]co1. The zero-order valence-corrected chi connectivity index (χ0v) is 4.66. The first-order chi connectivity index (χ1) is 3.43. The van der Waals surface area contributed by atoms with Crippen LogP contribution >= 0.6 is 11.8 Å². The Hall–Kier alpha value is -0.440. The highest BCUT2D eigenvalue weighted by Gasteiger charge is 1.88. The van der Waals surface area contributed by atoms with Crippen molar-refractivity contribution in [3.8, 4) is 0 Å². The molecule has 0 N–H and O–H groups in total. The fourth-order valence-electron chi connectivity index (χ4n) is 0.276. The van der Waals surface area contributed by atoms with Crippen molar-refractivity contribution in [3.63, 3.8) is 0 Å².